The number of hydrogen-bond donors (Lipinski definition) is 1. The molecule has 2 aromatic carbocycles. The van der Waals surface area contributed by atoms with Gasteiger partial charge < -0.3 is 14.6 Å². The number of nitrogens with zero attached hydrogens (tertiary/aromatic N) is 1. The molecular formula is C24H25NO6. The van der Waals surface area contributed by atoms with E-state index in [1.54, 1.807) is 0 Å². The number of benzene rings is 2. The van der Waals surface area contributed by atoms with E-state index in [1.165, 1.54) is 13.1 Å². The molecule has 0 spiro atoms. The molecule has 0 aromatic heterocycles. The SMILES string of the molecule is C=CCOC(=O)[C@H](CCC(=O)O)N(C)C(=O)OCC1c2ccccc2-c2ccccc21. The third-order valence-corrected chi connectivity index (χ3v) is 5.34. The molecule has 2 aromatic rings. The Kier molecular flexibility index (Phi) is 7.07. The molecule has 1 amide bonds. The summed E-state index contributed by atoms with van der Waals surface area (Å²) >= 11 is 0. The van der Waals surface area contributed by atoms with Crippen LogP contribution in [0, 0.1) is 0 Å². The van der Waals surface area contributed by atoms with Crippen molar-refractivity contribution in [2.75, 3.05) is 20.3 Å². The van der Waals surface area contributed by atoms with Crippen molar-refractivity contribution in [3.05, 3.63) is 72.3 Å². The number of likely N-dealkylation sites (N-methyl/N-ethyl adjacent to an activating group) is 1. The summed E-state index contributed by atoms with van der Waals surface area (Å²) in [5, 5.41) is 8.97. The summed E-state index contributed by atoms with van der Waals surface area (Å²) in [6, 6.07) is 14.9. The third-order valence-electron chi connectivity index (χ3n) is 5.34. The predicted molar refractivity (Wildman–Crippen MR) is 115 cm³/mol. The number of fused-ring (bicyclic) bond motifs is 3. The van der Waals surface area contributed by atoms with Gasteiger partial charge in [-0.1, -0.05) is 61.2 Å². The maximum absolute atomic E-state index is 12.7. The first kappa shape index (κ1) is 22.1. The van der Waals surface area contributed by atoms with Crippen molar-refractivity contribution in [1.29, 1.82) is 0 Å². The summed E-state index contributed by atoms with van der Waals surface area (Å²) in [7, 11) is 1.40. The van der Waals surface area contributed by atoms with Crippen LogP contribution in [0.5, 0.6) is 0 Å². The topological polar surface area (TPSA) is 93.1 Å². The molecule has 0 unspecified atom stereocenters. The maximum Gasteiger partial charge on any atom is 0.410 e. The highest BCUT2D eigenvalue weighted by molar-refractivity contribution is 5.82. The average molecular weight is 423 g/mol. The van der Waals surface area contributed by atoms with Crippen LogP contribution in [0.1, 0.15) is 29.9 Å². The number of ether oxygens (including phenoxy) is 2. The summed E-state index contributed by atoms with van der Waals surface area (Å²) in [4.78, 5) is 37.1. The molecule has 0 aliphatic heterocycles. The zero-order valence-electron chi connectivity index (χ0n) is 17.3. The van der Waals surface area contributed by atoms with Crippen LogP contribution in [-0.4, -0.2) is 54.3 Å². The highest BCUT2D eigenvalue weighted by atomic mass is 16.6. The van der Waals surface area contributed by atoms with Gasteiger partial charge >= 0.3 is 18.0 Å². The quantitative estimate of drug-likeness (QED) is 0.487. The minimum absolute atomic E-state index is 0.0269. The van der Waals surface area contributed by atoms with Gasteiger partial charge in [-0.15, -0.1) is 0 Å². The second-order valence-corrected chi connectivity index (χ2v) is 7.28. The molecule has 0 fully saturated rings. The fourth-order valence-corrected chi connectivity index (χ4v) is 3.79. The first-order valence-electron chi connectivity index (χ1n) is 10.0. The van der Waals surface area contributed by atoms with Gasteiger partial charge in [-0.05, 0) is 28.7 Å². The molecule has 0 bridgehead atoms. The van der Waals surface area contributed by atoms with Crippen molar-refractivity contribution in [3.8, 4) is 11.1 Å². The van der Waals surface area contributed by atoms with Gasteiger partial charge in [-0.25, -0.2) is 9.59 Å². The van der Waals surface area contributed by atoms with Crippen molar-refractivity contribution in [2.45, 2.75) is 24.8 Å². The third kappa shape index (κ3) is 4.94. The van der Waals surface area contributed by atoms with Crippen LogP contribution in [0.15, 0.2) is 61.2 Å². The van der Waals surface area contributed by atoms with Gasteiger partial charge in [0.05, 0.1) is 0 Å². The molecule has 3 rings (SSSR count). The smallest absolute Gasteiger partial charge is 0.410 e. The zero-order chi connectivity index (χ0) is 22.4. The van der Waals surface area contributed by atoms with Crippen LogP contribution >= 0.6 is 0 Å². The Hall–Kier alpha value is -3.61. The number of amides is 1. The van der Waals surface area contributed by atoms with Gasteiger partial charge in [-0.3, -0.25) is 9.69 Å². The van der Waals surface area contributed by atoms with Crippen molar-refractivity contribution in [2.24, 2.45) is 0 Å². The van der Waals surface area contributed by atoms with Crippen molar-refractivity contribution < 1.29 is 29.0 Å². The molecule has 0 saturated carbocycles. The molecule has 0 saturated heterocycles. The summed E-state index contributed by atoms with van der Waals surface area (Å²) in [5.74, 6) is -1.88. The van der Waals surface area contributed by atoms with Gasteiger partial charge in [-0.2, -0.15) is 0 Å². The van der Waals surface area contributed by atoms with E-state index < -0.39 is 24.1 Å². The Morgan fingerprint density at radius 1 is 1.06 bits per heavy atom. The van der Waals surface area contributed by atoms with E-state index in [-0.39, 0.29) is 32.0 Å². The number of carbonyl (C=O) groups excluding carboxylic acids is 2. The second-order valence-electron chi connectivity index (χ2n) is 7.28. The zero-order valence-corrected chi connectivity index (χ0v) is 17.3. The first-order chi connectivity index (χ1) is 14.9. The summed E-state index contributed by atoms with van der Waals surface area (Å²) in [5.41, 5.74) is 4.37. The van der Waals surface area contributed by atoms with Crippen LogP contribution < -0.4 is 0 Å². The fourth-order valence-electron chi connectivity index (χ4n) is 3.79. The molecular weight excluding hydrogens is 398 g/mol. The normalized spacial score (nSPS) is 12.9. The monoisotopic (exact) mass is 423 g/mol. The standard InChI is InChI=1S/C24H25NO6/c1-3-14-30-23(28)21(12-13-22(26)27)25(2)24(29)31-15-20-18-10-6-4-8-16(18)17-9-5-7-11-19(17)20/h3-11,20-21H,1,12-15H2,2H3,(H,26,27)/t21-/m0/s1. The first-order valence-corrected chi connectivity index (χ1v) is 10.0. The predicted octanol–water partition coefficient (Wildman–Crippen LogP) is 3.83. The van der Waals surface area contributed by atoms with E-state index in [0.717, 1.165) is 27.2 Å². The summed E-state index contributed by atoms with van der Waals surface area (Å²) in [6.45, 7) is 3.55. The van der Waals surface area contributed by atoms with Gasteiger partial charge in [0, 0.05) is 19.4 Å². The Morgan fingerprint density at radius 2 is 1.65 bits per heavy atom. The number of carbonyl (C=O) groups is 3. The van der Waals surface area contributed by atoms with Crippen molar-refractivity contribution >= 4 is 18.0 Å². The van der Waals surface area contributed by atoms with E-state index in [9.17, 15) is 14.4 Å². The number of carboxylic acids is 1. The Morgan fingerprint density at radius 3 is 2.19 bits per heavy atom. The summed E-state index contributed by atoms with van der Waals surface area (Å²) in [6.07, 6.45) is 0.327. The maximum atomic E-state index is 12.7. The van der Waals surface area contributed by atoms with Gasteiger partial charge in [0.25, 0.3) is 0 Å². The number of aliphatic carboxylic acids is 1. The lowest BCUT2D eigenvalue weighted by Gasteiger charge is -2.26. The number of carboxylic acid groups (broad SMARTS) is 1. The van der Waals surface area contributed by atoms with E-state index in [2.05, 4.69) is 6.58 Å². The van der Waals surface area contributed by atoms with Gasteiger partial charge in [0.2, 0.25) is 0 Å². The van der Waals surface area contributed by atoms with E-state index in [1.807, 2.05) is 48.5 Å². The van der Waals surface area contributed by atoms with Gasteiger partial charge in [0.1, 0.15) is 19.3 Å². The molecule has 0 heterocycles. The highest BCUT2D eigenvalue weighted by Gasteiger charge is 2.32. The average Bonchev–Trinajstić information content (AvgIpc) is 3.09. The van der Waals surface area contributed by atoms with Crippen molar-refractivity contribution in [1.82, 2.24) is 4.90 Å². The lowest BCUT2D eigenvalue weighted by Crippen LogP contribution is -2.44. The van der Waals surface area contributed by atoms with Crippen LogP contribution in [0.3, 0.4) is 0 Å². The molecule has 1 N–H and O–H groups in total. The molecule has 0 radical (unpaired) electrons. The van der Waals surface area contributed by atoms with E-state index >= 15 is 0 Å². The Bertz CT molecular complexity index is 940. The molecule has 162 valence electrons. The molecule has 1 aliphatic carbocycles. The minimum Gasteiger partial charge on any atom is -0.481 e. The molecule has 1 aliphatic rings. The Labute approximate surface area is 180 Å². The van der Waals surface area contributed by atoms with Gasteiger partial charge in [0.15, 0.2) is 0 Å². The van der Waals surface area contributed by atoms with E-state index in [0.29, 0.717) is 0 Å². The molecule has 7 heteroatoms. The minimum atomic E-state index is -1.07. The molecule has 1 atom stereocenters. The largest absolute Gasteiger partial charge is 0.481 e. The van der Waals surface area contributed by atoms with Crippen LogP contribution in [0.2, 0.25) is 0 Å². The van der Waals surface area contributed by atoms with Crippen LogP contribution in [-0.2, 0) is 19.1 Å². The molecule has 7 nitrogen and oxygen atoms in total. The Balaban J connectivity index is 1.71. The molecule has 31 heavy (non-hydrogen) atoms. The lowest BCUT2D eigenvalue weighted by atomic mass is 9.98. The van der Waals surface area contributed by atoms with Crippen molar-refractivity contribution in [3.63, 3.8) is 0 Å². The fraction of sp³-hybridized carbons (Fsp3) is 0.292. The highest BCUT2D eigenvalue weighted by Crippen LogP contribution is 2.44. The second kappa shape index (κ2) is 9.93. The summed E-state index contributed by atoms with van der Waals surface area (Å²) < 4.78 is 10.6. The number of esters is 1. The van der Waals surface area contributed by atoms with Crippen LogP contribution in [0.4, 0.5) is 4.79 Å². The number of hydrogen-bond acceptors (Lipinski definition) is 5. The number of rotatable bonds is 9. The van der Waals surface area contributed by atoms with E-state index in [4.69, 9.17) is 14.6 Å². The lowest BCUT2D eigenvalue weighted by molar-refractivity contribution is -0.148. The van der Waals surface area contributed by atoms with Crippen LogP contribution in [0.25, 0.3) is 11.1 Å².